The van der Waals surface area contributed by atoms with E-state index in [-0.39, 0.29) is 0 Å². The fraction of sp³-hybridized carbons (Fsp3) is 0.667. The second-order valence-corrected chi connectivity index (χ2v) is 6.50. The maximum atomic E-state index is 3.60. The van der Waals surface area contributed by atoms with Crippen molar-refractivity contribution in [1.29, 1.82) is 0 Å². The van der Waals surface area contributed by atoms with Crippen molar-refractivity contribution < 1.29 is 0 Å². The second kappa shape index (κ2) is 6.56. The van der Waals surface area contributed by atoms with E-state index in [1.54, 1.807) is 0 Å². The van der Waals surface area contributed by atoms with Gasteiger partial charge in [-0.05, 0) is 61.6 Å². The molecular formula is C18H29N. The van der Waals surface area contributed by atoms with E-state index in [4.69, 9.17) is 0 Å². The highest BCUT2D eigenvalue weighted by Gasteiger charge is 2.30. The lowest BCUT2D eigenvalue weighted by Gasteiger charge is -2.37. The van der Waals surface area contributed by atoms with Crippen molar-refractivity contribution in [1.82, 2.24) is 5.32 Å². The molecule has 0 aliphatic heterocycles. The third-order valence-corrected chi connectivity index (χ3v) is 4.77. The van der Waals surface area contributed by atoms with Crippen LogP contribution >= 0.6 is 0 Å². The molecule has 0 heterocycles. The summed E-state index contributed by atoms with van der Waals surface area (Å²) in [6, 6.07) is 9.50. The Balaban J connectivity index is 2.23. The van der Waals surface area contributed by atoms with E-state index < -0.39 is 0 Å². The van der Waals surface area contributed by atoms with Crippen LogP contribution in [0, 0.1) is 17.8 Å². The van der Waals surface area contributed by atoms with Crippen LogP contribution in [0.4, 0.5) is 0 Å². The summed E-state index contributed by atoms with van der Waals surface area (Å²) in [7, 11) is 2.13. The first-order valence-corrected chi connectivity index (χ1v) is 7.90. The van der Waals surface area contributed by atoms with Crippen molar-refractivity contribution in [3.8, 4) is 0 Å². The minimum Gasteiger partial charge on any atom is -0.313 e. The van der Waals surface area contributed by atoms with Crippen LogP contribution < -0.4 is 5.32 Å². The summed E-state index contributed by atoms with van der Waals surface area (Å²) in [5, 5.41) is 3.60. The number of benzene rings is 1. The number of hydrogen-bond acceptors (Lipinski definition) is 1. The van der Waals surface area contributed by atoms with Crippen molar-refractivity contribution in [2.24, 2.45) is 17.8 Å². The Hall–Kier alpha value is -0.820. The fourth-order valence-corrected chi connectivity index (χ4v) is 4.09. The molecule has 0 spiro atoms. The Morgan fingerprint density at radius 3 is 2.32 bits per heavy atom. The Labute approximate surface area is 118 Å². The molecule has 0 radical (unpaired) electrons. The first kappa shape index (κ1) is 14.6. The van der Waals surface area contributed by atoms with Gasteiger partial charge in [0, 0.05) is 6.04 Å². The van der Waals surface area contributed by atoms with E-state index in [0.29, 0.717) is 6.04 Å². The van der Waals surface area contributed by atoms with Crippen LogP contribution in [0.2, 0.25) is 0 Å². The molecule has 1 saturated carbocycles. The quantitative estimate of drug-likeness (QED) is 0.834. The molecule has 1 aromatic carbocycles. The lowest BCUT2D eigenvalue weighted by molar-refractivity contribution is 0.180. The fourth-order valence-electron chi connectivity index (χ4n) is 4.09. The van der Waals surface area contributed by atoms with Crippen LogP contribution in [0.1, 0.15) is 57.2 Å². The summed E-state index contributed by atoms with van der Waals surface area (Å²) in [5.74, 6) is 2.54. The van der Waals surface area contributed by atoms with Crippen LogP contribution in [-0.4, -0.2) is 7.05 Å². The predicted octanol–water partition coefficient (Wildman–Crippen LogP) is 4.58. The zero-order chi connectivity index (χ0) is 13.8. The van der Waals surface area contributed by atoms with E-state index in [1.165, 1.54) is 30.4 Å². The summed E-state index contributed by atoms with van der Waals surface area (Å²) in [6.45, 7) is 7.10. The van der Waals surface area contributed by atoms with Gasteiger partial charge in [-0.3, -0.25) is 0 Å². The van der Waals surface area contributed by atoms with Gasteiger partial charge in [0.1, 0.15) is 0 Å². The predicted molar refractivity (Wildman–Crippen MR) is 83.3 cm³/mol. The Morgan fingerprint density at radius 1 is 1.11 bits per heavy atom. The first-order chi connectivity index (χ1) is 9.15. The van der Waals surface area contributed by atoms with Crippen molar-refractivity contribution in [3.63, 3.8) is 0 Å². The monoisotopic (exact) mass is 259 g/mol. The molecule has 1 aliphatic carbocycles. The van der Waals surface area contributed by atoms with Crippen molar-refractivity contribution >= 4 is 0 Å². The number of hydrogen-bond donors (Lipinski definition) is 1. The first-order valence-electron chi connectivity index (χ1n) is 7.90. The molecule has 0 bridgehead atoms. The van der Waals surface area contributed by atoms with E-state index in [9.17, 15) is 0 Å². The van der Waals surface area contributed by atoms with Gasteiger partial charge in [0.2, 0.25) is 0 Å². The molecule has 2 rings (SSSR count). The van der Waals surface area contributed by atoms with Crippen molar-refractivity contribution in [2.45, 2.75) is 52.5 Å². The summed E-state index contributed by atoms with van der Waals surface area (Å²) in [4.78, 5) is 0. The highest BCUT2D eigenvalue weighted by atomic mass is 14.9. The summed E-state index contributed by atoms with van der Waals surface area (Å²) < 4.78 is 0. The molecule has 0 saturated heterocycles. The molecule has 1 fully saturated rings. The SMILES string of the molecule is CCc1ccccc1C(NC)C1CC(C)CC(C)C1. The lowest BCUT2D eigenvalue weighted by atomic mass is 9.72. The minimum absolute atomic E-state index is 0.529. The van der Waals surface area contributed by atoms with Gasteiger partial charge in [0.15, 0.2) is 0 Å². The maximum Gasteiger partial charge on any atom is 0.0349 e. The molecule has 1 heteroatoms. The largest absolute Gasteiger partial charge is 0.313 e. The highest BCUT2D eigenvalue weighted by molar-refractivity contribution is 5.30. The van der Waals surface area contributed by atoms with Gasteiger partial charge in [0.25, 0.3) is 0 Å². The summed E-state index contributed by atoms with van der Waals surface area (Å²) in [5.41, 5.74) is 3.03. The van der Waals surface area contributed by atoms with Crippen molar-refractivity contribution in [2.75, 3.05) is 7.05 Å². The van der Waals surface area contributed by atoms with Gasteiger partial charge in [-0.1, -0.05) is 45.0 Å². The molecule has 106 valence electrons. The molecule has 3 unspecified atom stereocenters. The van der Waals surface area contributed by atoms with Gasteiger partial charge in [-0.2, -0.15) is 0 Å². The van der Waals surface area contributed by atoms with Gasteiger partial charge in [0.05, 0.1) is 0 Å². The molecule has 1 aromatic rings. The summed E-state index contributed by atoms with van der Waals surface area (Å²) >= 11 is 0. The van der Waals surface area contributed by atoms with Crippen LogP contribution in [0.3, 0.4) is 0 Å². The zero-order valence-corrected chi connectivity index (χ0v) is 12.9. The molecule has 1 N–H and O–H groups in total. The zero-order valence-electron chi connectivity index (χ0n) is 12.9. The molecule has 3 atom stereocenters. The number of aryl methyl sites for hydroxylation is 1. The molecule has 19 heavy (non-hydrogen) atoms. The van der Waals surface area contributed by atoms with Crippen molar-refractivity contribution in [3.05, 3.63) is 35.4 Å². The van der Waals surface area contributed by atoms with Crippen LogP contribution in [-0.2, 0) is 6.42 Å². The van der Waals surface area contributed by atoms with E-state index >= 15 is 0 Å². The Morgan fingerprint density at radius 2 is 1.74 bits per heavy atom. The lowest BCUT2D eigenvalue weighted by Crippen LogP contribution is -2.32. The third-order valence-electron chi connectivity index (χ3n) is 4.77. The minimum atomic E-state index is 0.529. The van der Waals surface area contributed by atoms with Gasteiger partial charge in [-0.15, -0.1) is 0 Å². The Bertz CT molecular complexity index is 388. The topological polar surface area (TPSA) is 12.0 Å². The molecular weight excluding hydrogens is 230 g/mol. The van der Waals surface area contributed by atoms with Crippen LogP contribution in [0.25, 0.3) is 0 Å². The summed E-state index contributed by atoms with van der Waals surface area (Å²) in [6.07, 6.45) is 5.27. The Kier molecular flexibility index (Phi) is 5.04. The van der Waals surface area contributed by atoms with Crippen LogP contribution in [0.15, 0.2) is 24.3 Å². The number of rotatable bonds is 4. The molecule has 1 aliphatic rings. The molecule has 0 aromatic heterocycles. The average Bonchev–Trinajstić information content (AvgIpc) is 2.39. The highest BCUT2D eigenvalue weighted by Crippen LogP contribution is 2.40. The normalized spacial score (nSPS) is 29.2. The second-order valence-electron chi connectivity index (χ2n) is 6.50. The van der Waals surface area contributed by atoms with Crippen LogP contribution in [0.5, 0.6) is 0 Å². The van der Waals surface area contributed by atoms with Gasteiger partial charge in [-0.25, -0.2) is 0 Å². The molecule has 1 nitrogen and oxygen atoms in total. The smallest absolute Gasteiger partial charge is 0.0349 e. The van der Waals surface area contributed by atoms with E-state index in [1.807, 2.05) is 0 Å². The van der Waals surface area contributed by atoms with E-state index in [0.717, 1.165) is 24.2 Å². The maximum absolute atomic E-state index is 3.60. The van der Waals surface area contributed by atoms with Gasteiger partial charge >= 0.3 is 0 Å². The average molecular weight is 259 g/mol. The van der Waals surface area contributed by atoms with Gasteiger partial charge < -0.3 is 5.32 Å². The third kappa shape index (κ3) is 3.39. The molecule has 0 amide bonds. The van der Waals surface area contributed by atoms with E-state index in [2.05, 4.69) is 57.4 Å². The number of nitrogens with one attached hydrogen (secondary N) is 1. The standard InChI is InChI=1S/C18H29N/c1-5-15-8-6-7-9-17(15)18(19-4)16-11-13(2)10-14(3)12-16/h6-9,13-14,16,18-19H,5,10-12H2,1-4H3.